The summed E-state index contributed by atoms with van der Waals surface area (Å²) in [5.41, 5.74) is 1.33. The Hall–Kier alpha value is -1.23. The van der Waals surface area contributed by atoms with Crippen LogP contribution in [-0.4, -0.2) is 50.6 Å². The Balaban J connectivity index is 1.49. The fraction of sp³-hybridized carbons (Fsp3) is 0.632. The summed E-state index contributed by atoms with van der Waals surface area (Å²) < 4.78 is 1.14. The molecule has 0 radical (unpaired) electrons. The maximum Gasteiger partial charge on any atom is 0.193 e. The van der Waals surface area contributed by atoms with Crippen LogP contribution in [0.25, 0.3) is 0 Å². The van der Waals surface area contributed by atoms with E-state index >= 15 is 0 Å². The van der Waals surface area contributed by atoms with Gasteiger partial charge in [0.1, 0.15) is 0 Å². The van der Waals surface area contributed by atoms with Gasteiger partial charge in [0.15, 0.2) is 5.96 Å². The molecule has 0 spiro atoms. The highest BCUT2D eigenvalue weighted by Crippen LogP contribution is 2.25. The summed E-state index contributed by atoms with van der Waals surface area (Å²) >= 11 is 3.51. The second kappa shape index (κ2) is 8.24. The summed E-state index contributed by atoms with van der Waals surface area (Å²) in [6.45, 7) is 7.90. The molecule has 1 N–H and O–H groups in total. The maximum atomic E-state index is 4.51. The van der Waals surface area contributed by atoms with E-state index in [0.29, 0.717) is 5.92 Å². The first-order valence-corrected chi connectivity index (χ1v) is 9.91. The van der Waals surface area contributed by atoms with Gasteiger partial charge in [0.05, 0.1) is 0 Å². The average Bonchev–Trinajstić information content (AvgIpc) is 3.05. The molecule has 24 heavy (non-hydrogen) atoms. The summed E-state index contributed by atoms with van der Waals surface area (Å²) in [5.74, 6) is 2.55. The van der Waals surface area contributed by atoms with E-state index in [1.54, 1.807) is 0 Å². The maximum absolute atomic E-state index is 4.51. The van der Waals surface area contributed by atoms with Crippen molar-refractivity contribution in [2.45, 2.75) is 26.2 Å². The van der Waals surface area contributed by atoms with Crippen LogP contribution in [-0.2, 0) is 0 Å². The highest BCUT2D eigenvalue weighted by Gasteiger charge is 2.24. The van der Waals surface area contributed by atoms with Crippen LogP contribution in [0.15, 0.2) is 33.7 Å². The minimum absolute atomic E-state index is 0.688. The van der Waals surface area contributed by atoms with Crippen LogP contribution in [0.1, 0.15) is 26.2 Å². The fourth-order valence-corrected chi connectivity index (χ4v) is 4.10. The lowest BCUT2D eigenvalue weighted by molar-refractivity contribution is 0.265. The van der Waals surface area contributed by atoms with Gasteiger partial charge in [-0.05, 0) is 55.4 Å². The molecule has 0 aromatic heterocycles. The quantitative estimate of drug-likeness (QED) is 0.629. The van der Waals surface area contributed by atoms with Crippen LogP contribution in [0.5, 0.6) is 0 Å². The molecule has 4 nitrogen and oxygen atoms in total. The van der Waals surface area contributed by atoms with Gasteiger partial charge in [-0.3, -0.25) is 4.99 Å². The molecular weight excluding hydrogens is 364 g/mol. The van der Waals surface area contributed by atoms with Gasteiger partial charge in [-0.15, -0.1) is 0 Å². The Kier molecular flexibility index (Phi) is 6.04. The van der Waals surface area contributed by atoms with E-state index in [-0.39, 0.29) is 0 Å². The first-order valence-electron chi connectivity index (χ1n) is 9.12. The Morgan fingerprint density at radius 3 is 2.71 bits per heavy atom. The van der Waals surface area contributed by atoms with E-state index in [0.717, 1.165) is 49.1 Å². The lowest BCUT2D eigenvalue weighted by atomic mass is 10.0. The predicted molar refractivity (Wildman–Crippen MR) is 106 cm³/mol. The number of nitrogens with one attached hydrogen (secondary N) is 1. The molecule has 1 aromatic rings. The zero-order chi connectivity index (χ0) is 16.9. The molecule has 0 saturated carbocycles. The van der Waals surface area contributed by atoms with Crippen molar-refractivity contribution in [3.63, 3.8) is 0 Å². The average molecular weight is 393 g/mol. The highest BCUT2D eigenvalue weighted by molar-refractivity contribution is 9.10. The molecule has 132 valence electrons. The van der Waals surface area contributed by atoms with E-state index in [2.05, 4.69) is 67.2 Å². The SMILES string of the molecule is CN=C(NCC1CCN(c2ccc(Br)cc2)C1)N1CCCC(C)C1. The Labute approximate surface area is 154 Å². The van der Waals surface area contributed by atoms with Crippen molar-refractivity contribution in [1.29, 1.82) is 0 Å². The third-order valence-corrected chi connectivity index (χ3v) is 5.72. The minimum Gasteiger partial charge on any atom is -0.371 e. The molecule has 2 aliphatic rings. The second-order valence-electron chi connectivity index (χ2n) is 7.20. The molecule has 2 fully saturated rings. The van der Waals surface area contributed by atoms with Crippen LogP contribution in [0.3, 0.4) is 0 Å². The number of halogens is 1. The first-order chi connectivity index (χ1) is 11.7. The van der Waals surface area contributed by atoms with Crippen molar-refractivity contribution in [1.82, 2.24) is 10.2 Å². The summed E-state index contributed by atoms with van der Waals surface area (Å²) in [7, 11) is 1.91. The smallest absolute Gasteiger partial charge is 0.193 e. The molecule has 2 aliphatic heterocycles. The third kappa shape index (κ3) is 4.44. The van der Waals surface area contributed by atoms with E-state index in [1.807, 2.05) is 7.05 Å². The van der Waals surface area contributed by atoms with Gasteiger partial charge in [0.25, 0.3) is 0 Å². The summed E-state index contributed by atoms with van der Waals surface area (Å²) in [6, 6.07) is 8.66. The zero-order valence-corrected chi connectivity index (χ0v) is 16.4. The second-order valence-corrected chi connectivity index (χ2v) is 8.11. The van der Waals surface area contributed by atoms with E-state index in [9.17, 15) is 0 Å². The van der Waals surface area contributed by atoms with E-state index in [4.69, 9.17) is 0 Å². The number of hydrogen-bond acceptors (Lipinski definition) is 2. The monoisotopic (exact) mass is 392 g/mol. The topological polar surface area (TPSA) is 30.9 Å². The van der Waals surface area contributed by atoms with Crippen molar-refractivity contribution in [3.05, 3.63) is 28.7 Å². The lowest BCUT2D eigenvalue weighted by Crippen LogP contribution is -2.47. The van der Waals surface area contributed by atoms with Crippen molar-refractivity contribution in [3.8, 4) is 0 Å². The van der Waals surface area contributed by atoms with Crippen LogP contribution in [0.4, 0.5) is 5.69 Å². The van der Waals surface area contributed by atoms with Crippen LogP contribution in [0, 0.1) is 11.8 Å². The number of rotatable bonds is 3. The van der Waals surface area contributed by atoms with Gasteiger partial charge in [0.2, 0.25) is 0 Å². The molecular formula is C19H29BrN4. The molecule has 0 aliphatic carbocycles. The number of likely N-dealkylation sites (tertiary alicyclic amines) is 1. The van der Waals surface area contributed by atoms with E-state index < -0.39 is 0 Å². The summed E-state index contributed by atoms with van der Waals surface area (Å²) in [5, 5.41) is 3.62. The normalized spacial score (nSPS) is 25.2. The van der Waals surface area contributed by atoms with E-state index in [1.165, 1.54) is 24.9 Å². The molecule has 2 saturated heterocycles. The molecule has 3 rings (SSSR count). The number of guanidine groups is 1. The molecule has 2 atom stereocenters. The summed E-state index contributed by atoms with van der Waals surface area (Å²) in [4.78, 5) is 9.42. The number of benzene rings is 1. The van der Waals surface area contributed by atoms with Gasteiger partial charge >= 0.3 is 0 Å². The Morgan fingerprint density at radius 1 is 1.21 bits per heavy atom. The van der Waals surface area contributed by atoms with Gasteiger partial charge in [-0.2, -0.15) is 0 Å². The Bertz CT molecular complexity index is 557. The van der Waals surface area contributed by atoms with Gasteiger partial charge in [-0.25, -0.2) is 0 Å². The van der Waals surface area contributed by atoms with Crippen molar-refractivity contribution in [2.75, 3.05) is 44.7 Å². The van der Waals surface area contributed by atoms with Gasteiger partial charge < -0.3 is 15.1 Å². The third-order valence-electron chi connectivity index (χ3n) is 5.19. The molecule has 2 heterocycles. The number of hydrogen-bond donors (Lipinski definition) is 1. The van der Waals surface area contributed by atoms with Gasteiger partial charge in [0, 0.05) is 49.9 Å². The number of aliphatic imine (C=N–C) groups is 1. The molecule has 0 bridgehead atoms. The standard InChI is InChI=1S/C19H29BrN4/c1-15-4-3-10-24(13-15)19(21-2)22-12-16-9-11-23(14-16)18-7-5-17(20)6-8-18/h5-8,15-16H,3-4,9-14H2,1-2H3,(H,21,22). The molecule has 0 amide bonds. The van der Waals surface area contributed by atoms with Crippen molar-refractivity contribution in [2.24, 2.45) is 16.8 Å². The highest BCUT2D eigenvalue weighted by atomic mass is 79.9. The zero-order valence-electron chi connectivity index (χ0n) is 14.8. The fourth-order valence-electron chi connectivity index (χ4n) is 3.84. The minimum atomic E-state index is 0.688. The van der Waals surface area contributed by atoms with Crippen LogP contribution < -0.4 is 10.2 Å². The molecule has 2 unspecified atom stereocenters. The van der Waals surface area contributed by atoms with Crippen LogP contribution >= 0.6 is 15.9 Å². The number of piperidine rings is 1. The predicted octanol–water partition coefficient (Wildman–Crippen LogP) is 3.58. The van der Waals surface area contributed by atoms with Crippen LogP contribution in [0.2, 0.25) is 0 Å². The van der Waals surface area contributed by atoms with Crippen molar-refractivity contribution >= 4 is 27.6 Å². The Morgan fingerprint density at radius 2 is 2.00 bits per heavy atom. The molecule has 5 heteroatoms. The molecule has 1 aromatic carbocycles. The summed E-state index contributed by atoms with van der Waals surface area (Å²) in [6.07, 6.45) is 3.87. The number of nitrogens with zero attached hydrogens (tertiary/aromatic N) is 3. The number of anilines is 1. The van der Waals surface area contributed by atoms with Crippen molar-refractivity contribution < 1.29 is 0 Å². The van der Waals surface area contributed by atoms with Gasteiger partial charge in [-0.1, -0.05) is 22.9 Å². The lowest BCUT2D eigenvalue weighted by Gasteiger charge is -2.34. The largest absolute Gasteiger partial charge is 0.371 e. The first kappa shape index (κ1) is 17.6.